The van der Waals surface area contributed by atoms with Crippen molar-refractivity contribution < 1.29 is 35.1 Å². The number of benzene rings is 2. The van der Waals surface area contributed by atoms with Crippen molar-refractivity contribution in [2.75, 3.05) is 6.26 Å². The van der Waals surface area contributed by atoms with Gasteiger partial charge in [0.15, 0.2) is 9.84 Å². The Labute approximate surface area is 193 Å². The van der Waals surface area contributed by atoms with Gasteiger partial charge in [0, 0.05) is 11.8 Å². The molecule has 13 heteroatoms. The first-order valence-electron chi connectivity index (χ1n) is 9.69. The molecule has 1 aromatic heterocycles. The number of hydrogen-bond acceptors (Lipinski definition) is 7. The number of aromatic hydroxyl groups is 1. The number of nitrogens with zero attached hydrogens (tertiary/aromatic N) is 1. The predicted octanol–water partition coefficient (Wildman–Crippen LogP) is 3.60. The van der Waals surface area contributed by atoms with E-state index >= 15 is 0 Å². The molecule has 34 heavy (non-hydrogen) atoms. The van der Waals surface area contributed by atoms with Gasteiger partial charge in [0.1, 0.15) is 11.6 Å². The lowest BCUT2D eigenvalue weighted by Crippen LogP contribution is -2.23. The Balaban J connectivity index is 2.38. The second kappa shape index (κ2) is 7.80. The quantitative estimate of drug-likeness (QED) is 0.541. The van der Waals surface area contributed by atoms with Crippen LogP contribution in [0.2, 0.25) is 0 Å². The van der Waals surface area contributed by atoms with E-state index in [-0.39, 0.29) is 38.7 Å². The fourth-order valence-electron chi connectivity index (χ4n) is 3.53. The molecule has 0 aliphatic heterocycles. The maximum Gasteiger partial charge on any atom is 0.501 e. The lowest BCUT2D eigenvalue weighted by molar-refractivity contribution is -0.0435. The highest BCUT2D eigenvalue weighted by molar-refractivity contribution is 7.92. The largest absolute Gasteiger partial charge is 0.507 e. The number of phenols is 1. The summed E-state index contributed by atoms with van der Waals surface area (Å²) in [5.41, 5.74) is -7.09. The van der Waals surface area contributed by atoms with Gasteiger partial charge in [-0.2, -0.15) is 13.2 Å². The van der Waals surface area contributed by atoms with Gasteiger partial charge >= 0.3 is 5.51 Å². The number of H-pyrrole nitrogens is 1. The van der Waals surface area contributed by atoms with Gasteiger partial charge in [-0.15, -0.1) is 0 Å². The van der Waals surface area contributed by atoms with Crippen molar-refractivity contribution in [1.82, 2.24) is 9.97 Å². The molecule has 0 unspecified atom stereocenters. The number of phenolic OH excluding ortho intramolecular Hbond substituents is 1. The number of halogens is 3. The average molecular weight is 519 g/mol. The number of hydrogen-bond donors (Lipinski definition) is 2. The Kier molecular flexibility index (Phi) is 5.89. The topological polar surface area (TPSA) is 134 Å². The molecule has 0 aliphatic rings. The van der Waals surface area contributed by atoms with Gasteiger partial charge in [-0.1, -0.05) is 20.8 Å². The van der Waals surface area contributed by atoms with E-state index in [0.717, 1.165) is 12.3 Å². The molecular weight excluding hydrogens is 497 g/mol. The van der Waals surface area contributed by atoms with Crippen molar-refractivity contribution >= 4 is 30.6 Å². The second-order valence-corrected chi connectivity index (χ2v) is 12.8. The first-order chi connectivity index (χ1) is 15.3. The fourth-order valence-corrected chi connectivity index (χ4v) is 5.30. The van der Waals surface area contributed by atoms with Gasteiger partial charge in [-0.05, 0) is 42.2 Å². The number of fused-ring (bicyclic) bond motifs is 1. The molecule has 2 N–H and O–H groups in total. The van der Waals surface area contributed by atoms with E-state index in [1.54, 1.807) is 20.8 Å². The van der Waals surface area contributed by atoms with Crippen LogP contribution < -0.4 is 5.56 Å². The normalized spacial score (nSPS) is 13.4. The average Bonchev–Trinajstić information content (AvgIpc) is 2.64. The molecule has 8 nitrogen and oxygen atoms in total. The van der Waals surface area contributed by atoms with Crippen LogP contribution in [0, 0.1) is 6.92 Å². The summed E-state index contributed by atoms with van der Waals surface area (Å²) in [4.78, 5) is 18.0. The summed E-state index contributed by atoms with van der Waals surface area (Å²) >= 11 is 0. The number of sulfone groups is 2. The zero-order valence-electron chi connectivity index (χ0n) is 18.7. The Bertz CT molecular complexity index is 1600. The third-order valence-corrected chi connectivity index (χ3v) is 7.96. The highest BCUT2D eigenvalue weighted by Gasteiger charge is 2.47. The van der Waals surface area contributed by atoms with Crippen molar-refractivity contribution in [2.45, 2.75) is 48.4 Å². The molecule has 2 aromatic carbocycles. The molecule has 1 heterocycles. The monoisotopic (exact) mass is 518 g/mol. The smallest absolute Gasteiger partial charge is 0.501 e. The number of rotatable bonds is 3. The molecule has 184 valence electrons. The lowest BCUT2D eigenvalue weighted by atomic mass is 9.84. The molecule has 0 bridgehead atoms. The first-order valence-corrected chi connectivity index (χ1v) is 13.1. The van der Waals surface area contributed by atoms with Crippen molar-refractivity contribution in [1.29, 1.82) is 0 Å². The van der Waals surface area contributed by atoms with Gasteiger partial charge in [0.25, 0.3) is 15.4 Å². The second-order valence-electron chi connectivity index (χ2n) is 8.84. The summed E-state index contributed by atoms with van der Waals surface area (Å²) in [6.07, 6.45) is 0.988. The van der Waals surface area contributed by atoms with Crippen molar-refractivity contribution in [2.24, 2.45) is 0 Å². The van der Waals surface area contributed by atoms with Crippen LogP contribution in [-0.4, -0.2) is 43.7 Å². The van der Waals surface area contributed by atoms with E-state index in [2.05, 4.69) is 9.97 Å². The molecule has 0 amide bonds. The third kappa shape index (κ3) is 4.29. The van der Waals surface area contributed by atoms with E-state index in [1.165, 1.54) is 13.0 Å². The minimum absolute atomic E-state index is 0.0705. The molecule has 3 rings (SSSR count). The lowest BCUT2D eigenvalue weighted by Gasteiger charge is -2.24. The minimum Gasteiger partial charge on any atom is -0.507 e. The third-order valence-electron chi connectivity index (χ3n) is 5.25. The molecule has 0 fully saturated rings. The zero-order chi connectivity index (χ0) is 26.0. The van der Waals surface area contributed by atoms with Gasteiger partial charge in [-0.3, -0.25) is 4.79 Å². The molecule has 3 aromatic rings. The van der Waals surface area contributed by atoms with Crippen LogP contribution in [0.5, 0.6) is 5.75 Å². The predicted molar refractivity (Wildman–Crippen MR) is 119 cm³/mol. The standard InChI is InChI=1S/C21H21F3N2O6S2/c1-10-15(33(5,29)30)9-13(20(2,3)4)17(27)16(10)18-25-14-7-6-11(8-12(14)19(28)26-18)34(31,32)21(22,23)24/h6-9,27H,1-5H3,(H,25,26,28). The van der Waals surface area contributed by atoms with E-state index in [9.17, 15) is 39.9 Å². The molecule has 0 radical (unpaired) electrons. The summed E-state index contributed by atoms with van der Waals surface area (Å²) in [6.45, 7) is 6.65. The Morgan fingerprint density at radius 2 is 1.62 bits per heavy atom. The Hall–Kier alpha value is -2.93. The molecule has 0 spiro atoms. The Morgan fingerprint density at radius 1 is 1.03 bits per heavy atom. The number of aromatic amines is 1. The summed E-state index contributed by atoms with van der Waals surface area (Å²) in [6, 6.07) is 3.51. The van der Waals surface area contributed by atoms with Crippen LogP contribution in [0.15, 0.2) is 38.9 Å². The number of aromatic nitrogens is 2. The van der Waals surface area contributed by atoms with Crippen molar-refractivity contribution in [3.05, 3.63) is 45.7 Å². The summed E-state index contributed by atoms with van der Waals surface area (Å²) < 4.78 is 86.9. The van der Waals surface area contributed by atoms with Gasteiger partial charge in [0.2, 0.25) is 0 Å². The van der Waals surface area contributed by atoms with Crippen LogP contribution >= 0.6 is 0 Å². The number of nitrogens with one attached hydrogen (secondary N) is 1. The number of alkyl halides is 3. The molecule has 0 saturated carbocycles. The van der Waals surface area contributed by atoms with Crippen LogP contribution in [0.3, 0.4) is 0 Å². The summed E-state index contributed by atoms with van der Waals surface area (Å²) in [5, 5.41) is 10.6. The highest BCUT2D eigenvalue weighted by Crippen LogP contribution is 2.42. The van der Waals surface area contributed by atoms with Gasteiger partial charge < -0.3 is 10.1 Å². The van der Waals surface area contributed by atoms with Crippen LogP contribution in [0.25, 0.3) is 22.3 Å². The Morgan fingerprint density at radius 3 is 2.12 bits per heavy atom. The van der Waals surface area contributed by atoms with E-state index in [4.69, 9.17) is 0 Å². The molecule has 0 saturated heterocycles. The summed E-state index contributed by atoms with van der Waals surface area (Å²) in [7, 11) is -9.45. The first kappa shape index (κ1) is 25.7. The van der Waals surface area contributed by atoms with E-state index in [0.29, 0.717) is 12.1 Å². The van der Waals surface area contributed by atoms with E-state index in [1.807, 2.05) is 0 Å². The summed E-state index contributed by atoms with van der Waals surface area (Å²) in [5.74, 6) is -0.550. The SMILES string of the molecule is Cc1c(S(C)(=O)=O)cc(C(C)(C)C)c(O)c1-c1nc2ccc(S(=O)(=O)C(F)(F)F)cc2c(=O)[nH]1. The van der Waals surface area contributed by atoms with Crippen LogP contribution in [0.4, 0.5) is 13.2 Å². The zero-order valence-corrected chi connectivity index (χ0v) is 20.3. The maximum absolute atomic E-state index is 12.9. The van der Waals surface area contributed by atoms with E-state index < -0.39 is 46.4 Å². The highest BCUT2D eigenvalue weighted by atomic mass is 32.2. The van der Waals surface area contributed by atoms with Crippen LogP contribution in [0.1, 0.15) is 31.9 Å². The van der Waals surface area contributed by atoms with Gasteiger partial charge in [0.05, 0.1) is 26.3 Å². The molecular formula is C21H21F3N2O6S2. The fraction of sp³-hybridized carbons (Fsp3) is 0.333. The minimum atomic E-state index is -5.69. The van der Waals surface area contributed by atoms with Gasteiger partial charge in [-0.25, -0.2) is 21.8 Å². The van der Waals surface area contributed by atoms with Crippen molar-refractivity contribution in [3.63, 3.8) is 0 Å². The molecule has 0 atom stereocenters. The molecule has 0 aliphatic carbocycles. The maximum atomic E-state index is 12.9. The van der Waals surface area contributed by atoms with Crippen LogP contribution in [-0.2, 0) is 25.1 Å². The van der Waals surface area contributed by atoms with Crippen molar-refractivity contribution in [3.8, 4) is 17.1 Å².